The van der Waals surface area contributed by atoms with E-state index >= 15 is 0 Å². The van der Waals surface area contributed by atoms with E-state index in [1.807, 2.05) is 42.5 Å². The van der Waals surface area contributed by atoms with Gasteiger partial charge in [0, 0.05) is 44.6 Å². The lowest BCUT2D eigenvalue weighted by molar-refractivity contribution is 0.0369. The van der Waals surface area contributed by atoms with E-state index in [0.29, 0.717) is 18.0 Å². The van der Waals surface area contributed by atoms with Crippen LogP contribution < -0.4 is 4.80 Å². The van der Waals surface area contributed by atoms with Crippen LogP contribution >= 0.6 is 11.3 Å². The fourth-order valence-electron chi connectivity index (χ4n) is 4.98. The molecule has 2 aliphatic rings. The molecule has 7 nitrogen and oxygen atoms in total. The summed E-state index contributed by atoms with van der Waals surface area (Å²) in [6.45, 7) is 6.66. The lowest BCUT2D eigenvalue weighted by Gasteiger charge is -2.26. The molecule has 0 amide bonds. The Morgan fingerprint density at radius 1 is 0.838 bits per heavy atom. The number of sulfonamides is 1. The monoisotopic (exact) mass is 540 g/mol. The zero-order valence-corrected chi connectivity index (χ0v) is 22.9. The Bertz CT molecular complexity index is 1300. The molecule has 0 saturated carbocycles. The van der Waals surface area contributed by atoms with Gasteiger partial charge in [0.25, 0.3) is 0 Å². The second-order valence-electron chi connectivity index (χ2n) is 9.65. The molecule has 198 valence electrons. The molecule has 9 heteroatoms. The first kappa shape index (κ1) is 26.3. The number of thiazole rings is 1. The predicted octanol–water partition coefficient (Wildman–Crippen LogP) is 4.74. The van der Waals surface area contributed by atoms with Gasteiger partial charge < -0.3 is 9.30 Å². The van der Waals surface area contributed by atoms with E-state index < -0.39 is 10.0 Å². The molecule has 0 bridgehead atoms. The lowest BCUT2D eigenvalue weighted by Crippen LogP contribution is -2.37. The number of para-hydroxylation sites is 1. The third-order valence-electron chi connectivity index (χ3n) is 7.09. The molecule has 0 spiro atoms. The average Bonchev–Trinajstić information content (AvgIpc) is 3.12. The lowest BCUT2D eigenvalue weighted by atomic mass is 10.2. The van der Waals surface area contributed by atoms with Crippen LogP contribution in [0.4, 0.5) is 5.69 Å². The van der Waals surface area contributed by atoms with E-state index in [9.17, 15) is 8.42 Å². The molecule has 37 heavy (non-hydrogen) atoms. The van der Waals surface area contributed by atoms with Gasteiger partial charge in [-0.25, -0.2) is 13.4 Å². The fraction of sp³-hybridized carbons (Fsp3) is 0.464. The second-order valence-corrected chi connectivity index (χ2v) is 12.4. The van der Waals surface area contributed by atoms with Crippen LogP contribution in [0.25, 0.3) is 11.3 Å². The summed E-state index contributed by atoms with van der Waals surface area (Å²) in [4.78, 5) is 8.70. The zero-order valence-electron chi connectivity index (χ0n) is 21.3. The molecule has 0 unspecified atom stereocenters. The number of benzene rings is 2. The fourth-order valence-corrected chi connectivity index (χ4v) is 7.46. The number of hydrogen-bond acceptors (Lipinski definition) is 6. The maximum atomic E-state index is 13.2. The smallest absolute Gasteiger partial charge is 0.243 e. The third-order valence-corrected chi connectivity index (χ3v) is 9.87. The summed E-state index contributed by atoms with van der Waals surface area (Å²) < 4.78 is 35.9. The number of nitrogens with zero attached hydrogens (tertiary/aromatic N) is 4. The van der Waals surface area contributed by atoms with Crippen molar-refractivity contribution in [2.75, 3.05) is 45.9 Å². The molecule has 2 aromatic carbocycles. The van der Waals surface area contributed by atoms with Crippen LogP contribution in [-0.2, 0) is 21.3 Å². The van der Waals surface area contributed by atoms with Gasteiger partial charge in [0.05, 0.1) is 29.5 Å². The largest absolute Gasteiger partial charge is 0.379 e. The summed E-state index contributed by atoms with van der Waals surface area (Å²) in [7, 11) is -3.46. The Morgan fingerprint density at radius 2 is 1.54 bits per heavy atom. The SMILES string of the molecule is O=S(=O)(c1ccc(-c2csc(=Nc3ccccc3)n2CCCN2CCOCC2)cc1)N1CCCCCC1. The van der Waals surface area contributed by atoms with Gasteiger partial charge in [-0.05, 0) is 49.1 Å². The minimum Gasteiger partial charge on any atom is -0.379 e. The van der Waals surface area contributed by atoms with Crippen molar-refractivity contribution >= 4 is 27.0 Å². The highest BCUT2D eigenvalue weighted by Crippen LogP contribution is 2.26. The quantitative estimate of drug-likeness (QED) is 0.414. The van der Waals surface area contributed by atoms with Crippen molar-refractivity contribution in [3.05, 3.63) is 64.8 Å². The van der Waals surface area contributed by atoms with Crippen LogP contribution in [0.1, 0.15) is 32.1 Å². The highest BCUT2D eigenvalue weighted by molar-refractivity contribution is 7.89. The van der Waals surface area contributed by atoms with Gasteiger partial charge in [0.2, 0.25) is 10.0 Å². The highest BCUT2D eigenvalue weighted by atomic mass is 32.2. The zero-order chi connectivity index (χ0) is 25.5. The molecule has 2 aliphatic heterocycles. The van der Waals surface area contributed by atoms with Crippen LogP contribution in [0, 0.1) is 0 Å². The molecular formula is C28H36N4O3S2. The third kappa shape index (κ3) is 6.59. The van der Waals surface area contributed by atoms with Gasteiger partial charge in [-0.1, -0.05) is 43.2 Å². The van der Waals surface area contributed by atoms with Gasteiger partial charge in [0.15, 0.2) is 4.80 Å². The number of rotatable bonds is 8. The second kappa shape index (κ2) is 12.5. The Hall–Kier alpha value is -2.30. The molecule has 0 N–H and O–H groups in total. The van der Waals surface area contributed by atoms with Crippen LogP contribution in [-0.4, -0.2) is 68.1 Å². The molecule has 3 aromatic rings. The Morgan fingerprint density at radius 3 is 2.24 bits per heavy atom. The molecular weight excluding hydrogens is 504 g/mol. The predicted molar refractivity (Wildman–Crippen MR) is 149 cm³/mol. The van der Waals surface area contributed by atoms with Crippen molar-refractivity contribution in [2.45, 2.75) is 43.5 Å². The van der Waals surface area contributed by atoms with E-state index in [2.05, 4.69) is 14.8 Å². The van der Waals surface area contributed by atoms with Crippen molar-refractivity contribution < 1.29 is 13.2 Å². The molecule has 3 heterocycles. The molecule has 2 saturated heterocycles. The first-order valence-electron chi connectivity index (χ1n) is 13.3. The molecule has 0 radical (unpaired) electrons. The van der Waals surface area contributed by atoms with Gasteiger partial charge in [-0.3, -0.25) is 4.90 Å². The Kier molecular flexibility index (Phi) is 8.89. The van der Waals surface area contributed by atoms with Crippen molar-refractivity contribution in [1.29, 1.82) is 0 Å². The van der Waals surface area contributed by atoms with Crippen molar-refractivity contribution in [2.24, 2.45) is 4.99 Å². The van der Waals surface area contributed by atoms with Crippen LogP contribution in [0.5, 0.6) is 0 Å². The molecule has 0 atom stereocenters. The van der Waals surface area contributed by atoms with Crippen LogP contribution in [0.15, 0.2) is 69.9 Å². The van der Waals surface area contributed by atoms with Gasteiger partial charge in [0.1, 0.15) is 0 Å². The van der Waals surface area contributed by atoms with Gasteiger partial charge in [-0.2, -0.15) is 4.31 Å². The van der Waals surface area contributed by atoms with Gasteiger partial charge in [-0.15, -0.1) is 11.3 Å². The van der Waals surface area contributed by atoms with Crippen molar-refractivity contribution in [3.8, 4) is 11.3 Å². The minimum atomic E-state index is -3.46. The van der Waals surface area contributed by atoms with Crippen LogP contribution in [0.3, 0.4) is 0 Å². The van der Waals surface area contributed by atoms with Crippen molar-refractivity contribution in [1.82, 2.24) is 13.8 Å². The first-order valence-corrected chi connectivity index (χ1v) is 15.6. The summed E-state index contributed by atoms with van der Waals surface area (Å²) in [5.41, 5.74) is 3.00. The molecule has 1 aromatic heterocycles. The summed E-state index contributed by atoms with van der Waals surface area (Å²) in [6, 6.07) is 17.4. The van der Waals surface area contributed by atoms with E-state index in [1.165, 1.54) is 0 Å². The number of morpholine rings is 1. The van der Waals surface area contributed by atoms with E-state index in [4.69, 9.17) is 9.73 Å². The van der Waals surface area contributed by atoms with Crippen molar-refractivity contribution in [3.63, 3.8) is 0 Å². The summed E-state index contributed by atoms with van der Waals surface area (Å²) in [5.74, 6) is 0. The molecule has 2 fully saturated rings. The number of ether oxygens (including phenoxy) is 1. The summed E-state index contributed by atoms with van der Waals surface area (Å²) in [5, 5.41) is 2.13. The Labute approximate surface area is 224 Å². The summed E-state index contributed by atoms with van der Waals surface area (Å²) >= 11 is 1.62. The molecule has 0 aliphatic carbocycles. The maximum absolute atomic E-state index is 13.2. The van der Waals surface area contributed by atoms with Crippen LogP contribution in [0.2, 0.25) is 0 Å². The van der Waals surface area contributed by atoms with E-state index in [1.54, 1.807) is 27.8 Å². The summed E-state index contributed by atoms with van der Waals surface area (Å²) in [6.07, 6.45) is 5.08. The topological polar surface area (TPSA) is 67.1 Å². The highest BCUT2D eigenvalue weighted by Gasteiger charge is 2.25. The number of aromatic nitrogens is 1. The Balaban J connectivity index is 1.40. The minimum absolute atomic E-state index is 0.376. The average molecular weight is 541 g/mol. The van der Waals surface area contributed by atoms with Gasteiger partial charge >= 0.3 is 0 Å². The maximum Gasteiger partial charge on any atom is 0.243 e. The van der Waals surface area contributed by atoms with E-state index in [-0.39, 0.29) is 0 Å². The normalized spacial score (nSPS) is 18.6. The molecule has 5 rings (SSSR count). The number of hydrogen-bond donors (Lipinski definition) is 0. The standard InChI is InChI=1S/C28H36N4O3S2/c33-37(34,31-16-6-1-2-7-17-31)26-13-11-24(12-14-26)27-23-36-28(29-25-9-4-3-5-10-25)32(27)18-8-15-30-19-21-35-22-20-30/h3-5,9-14,23H,1-2,6-8,15-22H2. The first-order chi connectivity index (χ1) is 18.1. The van der Waals surface area contributed by atoms with E-state index in [0.717, 1.165) is 93.2 Å².